The molecule has 100 valence electrons. The molecule has 8 heteroatoms. The van der Waals surface area contributed by atoms with Crippen molar-refractivity contribution < 1.29 is 29.6 Å². The zero-order chi connectivity index (χ0) is 13.0. The number of nitrogens with two attached hydrogens (primary N) is 1. The van der Waals surface area contributed by atoms with Crippen LogP contribution in [0.2, 0.25) is 0 Å². The predicted octanol–water partition coefficient (Wildman–Crippen LogP) is -2.38. The van der Waals surface area contributed by atoms with Crippen molar-refractivity contribution >= 4 is 18.6 Å². The first-order valence-corrected chi connectivity index (χ1v) is 5.84. The first-order valence-electron chi connectivity index (χ1n) is 5.20. The van der Waals surface area contributed by atoms with Crippen LogP contribution in [0.4, 0.5) is 0 Å². The summed E-state index contributed by atoms with van der Waals surface area (Å²) < 4.78 is 9.77. The van der Waals surface area contributed by atoms with E-state index in [2.05, 4.69) is 12.6 Å². The zero-order valence-corrected chi connectivity index (χ0v) is 9.99. The number of hydrogen-bond acceptors (Lipinski definition) is 8. The van der Waals surface area contributed by atoms with Crippen LogP contribution in [0.1, 0.15) is 6.42 Å². The van der Waals surface area contributed by atoms with Crippen LogP contribution in [-0.2, 0) is 14.3 Å². The Balaban J connectivity index is 2.49. The Morgan fingerprint density at radius 3 is 2.59 bits per heavy atom. The Hall–Kier alpha value is -0.380. The molecule has 7 nitrogen and oxygen atoms in total. The van der Waals surface area contributed by atoms with E-state index in [1.54, 1.807) is 0 Å². The fraction of sp³-hybridized carbons (Fsp3) is 0.889. The monoisotopic (exact) mass is 267 g/mol. The van der Waals surface area contributed by atoms with E-state index < -0.39 is 43.2 Å². The Kier molecular flexibility index (Phi) is 5.63. The number of thiol groups is 1. The number of esters is 1. The van der Waals surface area contributed by atoms with Crippen molar-refractivity contribution in [3.8, 4) is 0 Å². The van der Waals surface area contributed by atoms with E-state index in [-0.39, 0.29) is 0 Å². The van der Waals surface area contributed by atoms with E-state index >= 15 is 0 Å². The minimum absolute atomic E-state index is 0.330. The highest BCUT2D eigenvalue weighted by Gasteiger charge is 2.44. The van der Waals surface area contributed by atoms with Crippen LogP contribution in [0.3, 0.4) is 0 Å². The molecule has 0 radical (unpaired) electrons. The summed E-state index contributed by atoms with van der Waals surface area (Å²) in [4.78, 5) is 11.4. The number of ether oxygens (including phenoxy) is 2. The summed E-state index contributed by atoms with van der Waals surface area (Å²) in [6.07, 6.45) is -4.63. The summed E-state index contributed by atoms with van der Waals surface area (Å²) in [6.45, 7) is -0.477. The lowest BCUT2D eigenvalue weighted by Crippen LogP contribution is -2.40. The maximum absolute atomic E-state index is 11.4. The van der Waals surface area contributed by atoms with Crippen LogP contribution < -0.4 is 5.73 Å². The molecule has 0 aliphatic carbocycles. The van der Waals surface area contributed by atoms with E-state index in [1.807, 2.05) is 0 Å². The molecule has 1 aliphatic heterocycles. The first kappa shape index (κ1) is 14.7. The lowest BCUT2D eigenvalue weighted by Gasteiger charge is -2.17. The molecule has 0 spiro atoms. The fourth-order valence-corrected chi connectivity index (χ4v) is 1.70. The second-order valence-electron chi connectivity index (χ2n) is 3.76. The Bertz CT molecular complexity index is 266. The summed E-state index contributed by atoms with van der Waals surface area (Å²) in [7, 11) is 0. The van der Waals surface area contributed by atoms with Gasteiger partial charge in [-0.1, -0.05) is 0 Å². The van der Waals surface area contributed by atoms with Gasteiger partial charge in [0.05, 0.1) is 6.61 Å². The quantitative estimate of drug-likeness (QED) is 0.278. The van der Waals surface area contributed by atoms with Crippen LogP contribution in [0.15, 0.2) is 0 Å². The minimum Gasteiger partial charge on any atom is -0.432 e. The molecule has 17 heavy (non-hydrogen) atoms. The van der Waals surface area contributed by atoms with E-state index in [0.29, 0.717) is 12.2 Å². The Morgan fingerprint density at radius 2 is 2.12 bits per heavy atom. The topological polar surface area (TPSA) is 122 Å². The molecule has 1 rings (SSSR count). The molecule has 1 unspecified atom stereocenters. The number of carbonyl (C=O) groups is 1. The molecular weight excluding hydrogens is 250 g/mol. The van der Waals surface area contributed by atoms with Gasteiger partial charge in [-0.25, -0.2) is 0 Å². The minimum atomic E-state index is -1.39. The smallest absolute Gasteiger partial charge is 0.325 e. The van der Waals surface area contributed by atoms with Gasteiger partial charge >= 0.3 is 5.97 Å². The average molecular weight is 267 g/mol. The summed E-state index contributed by atoms with van der Waals surface area (Å²) in [5, 5.41) is 27.7. The largest absolute Gasteiger partial charge is 0.432 e. The van der Waals surface area contributed by atoms with Gasteiger partial charge < -0.3 is 30.5 Å². The maximum Gasteiger partial charge on any atom is 0.325 e. The zero-order valence-electron chi connectivity index (χ0n) is 9.10. The van der Waals surface area contributed by atoms with Crippen LogP contribution in [0.25, 0.3) is 0 Å². The Labute approximate surface area is 104 Å². The summed E-state index contributed by atoms with van der Waals surface area (Å²) >= 11 is 3.92. The van der Waals surface area contributed by atoms with Gasteiger partial charge in [0, 0.05) is 0 Å². The number of rotatable bonds is 5. The first-order chi connectivity index (χ1) is 8.01. The van der Waals surface area contributed by atoms with Crippen molar-refractivity contribution in [1.29, 1.82) is 0 Å². The van der Waals surface area contributed by atoms with Crippen LogP contribution in [0, 0.1) is 0 Å². The Morgan fingerprint density at radius 1 is 1.47 bits per heavy atom. The van der Waals surface area contributed by atoms with Crippen molar-refractivity contribution in [2.75, 3.05) is 12.4 Å². The van der Waals surface area contributed by atoms with E-state index in [9.17, 15) is 15.0 Å². The highest BCUT2D eigenvalue weighted by atomic mass is 32.1. The van der Waals surface area contributed by atoms with Crippen LogP contribution in [0.5, 0.6) is 0 Å². The lowest BCUT2D eigenvalue weighted by atomic mass is 10.1. The highest BCUT2D eigenvalue weighted by Crippen LogP contribution is 2.22. The molecule has 0 bridgehead atoms. The van der Waals surface area contributed by atoms with Gasteiger partial charge in [0.25, 0.3) is 0 Å². The van der Waals surface area contributed by atoms with Gasteiger partial charge in [-0.3, -0.25) is 4.79 Å². The lowest BCUT2D eigenvalue weighted by molar-refractivity contribution is -0.191. The molecule has 0 amide bonds. The molecule has 0 saturated carbocycles. The van der Waals surface area contributed by atoms with E-state index in [0.717, 1.165) is 0 Å². The van der Waals surface area contributed by atoms with Gasteiger partial charge in [-0.15, -0.1) is 0 Å². The number of aliphatic hydroxyl groups is 3. The number of aliphatic hydroxyl groups excluding tert-OH is 3. The number of carbonyl (C=O) groups excluding carboxylic acids is 1. The van der Waals surface area contributed by atoms with Crippen molar-refractivity contribution in [2.24, 2.45) is 5.73 Å². The van der Waals surface area contributed by atoms with Gasteiger partial charge in [0.2, 0.25) is 6.29 Å². The van der Waals surface area contributed by atoms with Gasteiger partial charge in [0.1, 0.15) is 24.4 Å². The molecule has 1 heterocycles. The van der Waals surface area contributed by atoms with Gasteiger partial charge in [-0.05, 0) is 12.2 Å². The van der Waals surface area contributed by atoms with Crippen LogP contribution >= 0.6 is 12.6 Å². The number of hydrogen-bond donors (Lipinski definition) is 5. The molecule has 1 fully saturated rings. The average Bonchev–Trinajstić information content (AvgIpc) is 2.57. The van der Waals surface area contributed by atoms with Crippen molar-refractivity contribution in [1.82, 2.24) is 0 Å². The van der Waals surface area contributed by atoms with E-state index in [1.165, 1.54) is 0 Å². The van der Waals surface area contributed by atoms with Crippen LogP contribution in [-0.4, -0.2) is 64.3 Å². The van der Waals surface area contributed by atoms with Gasteiger partial charge in [-0.2, -0.15) is 12.6 Å². The fourth-order valence-electron chi connectivity index (χ4n) is 1.42. The molecule has 0 aromatic rings. The van der Waals surface area contributed by atoms with Crippen molar-refractivity contribution in [2.45, 2.75) is 37.1 Å². The molecule has 1 saturated heterocycles. The highest BCUT2D eigenvalue weighted by molar-refractivity contribution is 7.80. The van der Waals surface area contributed by atoms with Crippen molar-refractivity contribution in [3.63, 3.8) is 0 Å². The third-order valence-electron chi connectivity index (χ3n) is 2.47. The second kappa shape index (κ2) is 6.53. The third kappa shape index (κ3) is 3.54. The molecule has 0 aromatic heterocycles. The molecule has 0 aromatic carbocycles. The standard InChI is InChI=1S/C9H17NO6S/c10-4(1-2-17)8(14)16-9-7(13)6(12)5(3-11)15-9/h4-7,9,11-13,17H,1-3,10H2/t4-,5-,6-,7-,9?/m1/s1. The molecule has 1 aliphatic rings. The van der Waals surface area contributed by atoms with E-state index in [4.69, 9.17) is 20.3 Å². The summed E-state index contributed by atoms with van der Waals surface area (Å²) in [6, 6.07) is -0.853. The molecule has 5 N–H and O–H groups in total. The second-order valence-corrected chi connectivity index (χ2v) is 4.21. The molecular formula is C9H17NO6S. The summed E-state index contributed by atoms with van der Waals surface area (Å²) in [5.41, 5.74) is 5.48. The third-order valence-corrected chi connectivity index (χ3v) is 2.73. The van der Waals surface area contributed by atoms with Gasteiger partial charge in [0.15, 0.2) is 0 Å². The van der Waals surface area contributed by atoms with Crippen molar-refractivity contribution in [3.05, 3.63) is 0 Å². The maximum atomic E-state index is 11.4. The summed E-state index contributed by atoms with van der Waals surface area (Å²) in [5.74, 6) is -0.319. The molecule has 5 atom stereocenters. The normalized spacial score (nSPS) is 34.6. The SMILES string of the molecule is N[C@H](CCS)C(=O)OC1O[C@H](CO)[C@@H](O)[C@H]1O. The predicted molar refractivity (Wildman–Crippen MR) is 60.3 cm³/mol.